The molecule has 3 aromatic carbocycles. The highest BCUT2D eigenvalue weighted by molar-refractivity contribution is 5.87. The van der Waals surface area contributed by atoms with E-state index in [9.17, 15) is 4.79 Å². The quantitative estimate of drug-likeness (QED) is 0.384. The molecule has 1 saturated carbocycles. The monoisotopic (exact) mass is 479 g/mol. The van der Waals surface area contributed by atoms with E-state index in [1.807, 2.05) is 36.4 Å². The Morgan fingerprint density at radius 1 is 0.889 bits per heavy atom. The number of carbonyl (C=O) groups excluding carboxylic acids is 1. The fourth-order valence-corrected chi connectivity index (χ4v) is 7.36. The molecule has 2 nitrogen and oxygen atoms in total. The molecular formula is C34H41NO. The van der Waals surface area contributed by atoms with Crippen LogP contribution >= 0.6 is 0 Å². The first-order valence-electron chi connectivity index (χ1n) is 13.8. The molecular weight excluding hydrogens is 438 g/mol. The summed E-state index contributed by atoms with van der Waals surface area (Å²) in [7, 11) is 0. The highest BCUT2D eigenvalue weighted by atomic mass is 16.1. The van der Waals surface area contributed by atoms with Crippen molar-refractivity contribution >= 4 is 5.91 Å². The van der Waals surface area contributed by atoms with Gasteiger partial charge >= 0.3 is 0 Å². The predicted octanol–water partition coefficient (Wildman–Crippen LogP) is 7.77. The third-order valence-corrected chi connectivity index (χ3v) is 9.37. The van der Waals surface area contributed by atoms with E-state index in [0.717, 1.165) is 24.1 Å². The molecule has 5 rings (SSSR count). The molecule has 3 atom stereocenters. The third kappa shape index (κ3) is 4.51. The third-order valence-electron chi connectivity index (χ3n) is 9.37. The van der Waals surface area contributed by atoms with Gasteiger partial charge in [-0.3, -0.25) is 4.79 Å². The molecule has 0 aliphatic heterocycles. The average Bonchev–Trinajstić information content (AvgIpc) is 2.89. The van der Waals surface area contributed by atoms with Crippen LogP contribution in [0, 0.1) is 11.3 Å². The van der Waals surface area contributed by atoms with Crippen molar-refractivity contribution in [3.05, 3.63) is 107 Å². The van der Waals surface area contributed by atoms with Crippen molar-refractivity contribution < 1.29 is 4.79 Å². The van der Waals surface area contributed by atoms with Crippen molar-refractivity contribution in [3.8, 4) is 0 Å². The van der Waals surface area contributed by atoms with Gasteiger partial charge in [0.25, 0.3) is 0 Å². The molecule has 2 heteroatoms. The first-order valence-corrected chi connectivity index (χ1v) is 13.8. The summed E-state index contributed by atoms with van der Waals surface area (Å²) in [5.41, 5.74) is 6.93. The molecule has 1 fully saturated rings. The summed E-state index contributed by atoms with van der Waals surface area (Å²) in [5, 5.41) is 3.45. The number of fused-ring (bicyclic) bond motifs is 3. The van der Waals surface area contributed by atoms with Crippen LogP contribution < -0.4 is 5.32 Å². The smallest absolute Gasteiger partial charge is 0.232 e. The SMILES string of the molecule is CC(C)c1ccc2c(c1)[C@]1(C)CCC[C@](C)(CNC(=O)C(c3ccccc3)c3ccccc3)[C@H]1CC2. The lowest BCUT2D eigenvalue weighted by molar-refractivity contribution is -0.122. The Morgan fingerprint density at radius 2 is 1.53 bits per heavy atom. The van der Waals surface area contributed by atoms with Crippen molar-refractivity contribution in [2.75, 3.05) is 6.54 Å². The zero-order chi connectivity index (χ0) is 25.3. The van der Waals surface area contributed by atoms with E-state index in [0.29, 0.717) is 11.8 Å². The first-order chi connectivity index (χ1) is 17.3. The molecule has 0 aromatic heterocycles. The maximum absolute atomic E-state index is 13.8. The van der Waals surface area contributed by atoms with Crippen LogP contribution in [0.4, 0.5) is 0 Å². The molecule has 2 aliphatic rings. The fraction of sp³-hybridized carbons (Fsp3) is 0.441. The van der Waals surface area contributed by atoms with Gasteiger partial charge in [0.05, 0.1) is 5.92 Å². The summed E-state index contributed by atoms with van der Waals surface area (Å²) >= 11 is 0. The van der Waals surface area contributed by atoms with Crippen LogP contribution in [0.3, 0.4) is 0 Å². The van der Waals surface area contributed by atoms with Crippen molar-refractivity contribution in [2.24, 2.45) is 11.3 Å². The van der Waals surface area contributed by atoms with Gasteiger partial charge in [0.15, 0.2) is 0 Å². The van der Waals surface area contributed by atoms with Gasteiger partial charge in [-0.15, -0.1) is 0 Å². The number of carbonyl (C=O) groups is 1. The largest absolute Gasteiger partial charge is 0.355 e. The number of rotatable bonds is 6. The fourth-order valence-electron chi connectivity index (χ4n) is 7.36. The topological polar surface area (TPSA) is 29.1 Å². The second kappa shape index (κ2) is 9.88. The summed E-state index contributed by atoms with van der Waals surface area (Å²) in [4.78, 5) is 13.8. The highest BCUT2D eigenvalue weighted by Crippen LogP contribution is 2.57. The van der Waals surface area contributed by atoms with Crippen molar-refractivity contribution in [2.45, 2.75) is 77.0 Å². The van der Waals surface area contributed by atoms with E-state index < -0.39 is 0 Å². The molecule has 2 aliphatic carbocycles. The Labute approximate surface area is 217 Å². The lowest BCUT2D eigenvalue weighted by Crippen LogP contribution is -2.53. The van der Waals surface area contributed by atoms with Gasteiger partial charge in [-0.2, -0.15) is 0 Å². The summed E-state index contributed by atoms with van der Waals surface area (Å²) in [6.07, 6.45) is 5.98. The van der Waals surface area contributed by atoms with Crippen LogP contribution in [0.25, 0.3) is 0 Å². The maximum atomic E-state index is 13.8. The highest BCUT2D eigenvalue weighted by Gasteiger charge is 2.51. The summed E-state index contributed by atoms with van der Waals surface area (Å²) in [6, 6.07) is 27.6. The zero-order valence-electron chi connectivity index (χ0n) is 22.4. The standard InChI is InChI=1S/C34H41NO/c1-24(2)28-17-16-25-18-19-30-33(3,20-11-21-34(30,4)29(25)22-28)23-35-32(36)31(26-12-7-5-8-13-26)27-14-9-6-10-15-27/h5-10,12-17,22,24,30-31H,11,18-21,23H2,1-4H3,(H,35,36)/t30-,33-,34+/m1/s1. The Bertz CT molecular complexity index is 1160. The molecule has 36 heavy (non-hydrogen) atoms. The number of hydrogen-bond acceptors (Lipinski definition) is 1. The molecule has 0 heterocycles. The van der Waals surface area contributed by atoms with Gasteiger partial charge in [-0.05, 0) is 76.2 Å². The lowest BCUT2D eigenvalue weighted by Gasteiger charge is -2.55. The average molecular weight is 480 g/mol. The number of hydrogen-bond donors (Lipinski definition) is 1. The van der Waals surface area contributed by atoms with Crippen LogP contribution in [0.2, 0.25) is 0 Å². The molecule has 0 unspecified atom stereocenters. The van der Waals surface area contributed by atoms with Gasteiger partial charge in [0.2, 0.25) is 5.91 Å². The van der Waals surface area contributed by atoms with Crippen molar-refractivity contribution in [1.82, 2.24) is 5.32 Å². The molecule has 0 spiro atoms. The Balaban J connectivity index is 1.40. The predicted molar refractivity (Wildman–Crippen MR) is 149 cm³/mol. The van der Waals surface area contributed by atoms with E-state index in [1.54, 1.807) is 11.1 Å². The lowest BCUT2D eigenvalue weighted by atomic mass is 9.49. The second-order valence-electron chi connectivity index (χ2n) is 12.1. The van der Waals surface area contributed by atoms with Crippen molar-refractivity contribution in [1.29, 1.82) is 0 Å². The van der Waals surface area contributed by atoms with Crippen LogP contribution in [-0.4, -0.2) is 12.5 Å². The summed E-state index contributed by atoms with van der Waals surface area (Å²) in [5.74, 6) is 0.938. The summed E-state index contributed by atoms with van der Waals surface area (Å²) in [6.45, 7) is 10.3. The molecule has 3 aromatic rings. The summed E-state index contributed by atoms with van der Waals surface area (Å²) < 4.78 is 0. The van der Waals surface area contributed by atoms with E-state index in [1.165, 1.54) is 31.2 Å². The molecule has 0 bridgehead atoms. The van der Waals surface area contributed by atoms with E-state index in [4.69, 9.17) is 0 Å². The number of amides is 1. The van der Waals surface area contributed by atoms with E-state index >= 15 is 0 Å². The second-order valence-corrected chi connectivity index (χ2v) is 12.1. The van der Waals surface area contributed by atoms with Crippen molar-refractivity contribution in [3.63, 3.8) is 0 Å². The van der Waals surface area contributed by atoms with Crippen LogP contribution in [0.5, 0.6) is 0 Å². The first kappa shape index (κ1) is 24.8. The van der Waals surface area contributed by atoms with Gasteiger partial charge in [-0.25, -0.2) is 0 Å². The minimum absolute atomic E-state index is 0.0894. The zero-order valence-corrected chi connectivity index (χ0v) is 22.4. The van der Waals surface area contributed by atoms with E-state index in [-0.39, 0.29) is 22.7 Å². The molecule has 0 radical (unpaired) electrons. The Hall–Kier alpha value is -2.87. The van der Waals surface area contributed by atoms with Gasteiger partial charge in [0.1, 0.15) is 0 Å². The van der Waals surface area contributed by atoms with Crippen LogP contribution in [0.15, 0.2) is 78.9 Å². The minimum atomic E-state index is -0.286. The number of nitrogens with one attached hydrogen (secondary N) is 1. The maximum Gasteiger partial charge on any atom is 0.232 e. The molecule has 1 amide bonds. The van der Waals surface area contributed by atoms with Crippen LogP contribution in [0.1, 0.15) is 93.0 Å². The molecule has 188 valence electrons. The van der Waals surface area contributed by atoms with E-state index in [2.05, 4.69) is 75.5 Å². The number of benzene rings is 3. The Morgan fingerprint density at radius 3 is 2.14 bits per heavy atom. The minimum Gasteiger partial charge on any atom is -0.355 e. The van der Waals surface area contributed by atoms with Gasteiger partial charge < -0.3 is 5.32 Å². The van der Waals surface area contributed by atoms with Gasteiger partial charge in [-0.1, -0.05) is 113 Å². The van der Waals surface area contributed by atoms with Gasteiger partial charge in [0, 0.05) is 6.54 Å². The number of aryl methyl sites for hydroxylation is 1. The van der Waals surface area contributed by atoms with Crippen LogP contribution in [-0.2, 0) is 16.6 Å². The Kier molecular flexibility index (Phi) is 6.81. The molecule has 1 N–H and O–H groups in total. The molecule has 0 saturated heterocycles. The normalized spacial score (nSPS) is 25.3.